The third-order valence-corrected chi connectivity index (χ3v) is 4.58. The highest BCUT2D eigenvalue weighted by molar-refractivity contribution is 6.31. The van der Waals surface area contributed by atoms with E-state index in [1.807, 2.05) is 0 Å². The first kappa shape index (κ1) is 18.9. The lowest BCUT2D eigenvalue weighted by molar-refractivity contribution is -0.115. The Morgan fingerprint density at radius 3 is 2.59 bits per heavy atom. The van der Waals surface area contributed by atoms with Crippen LogP contribution in [0.15, 0.2) is 48.5 Å². The van der Waals surface area contributed by atoms with Crippen molar-refractivity contribution in [3.8, 4) is 11.3 Å². The number of H-pyrrole nitrogens is 1. The number of aromatic nitrogens is 2. The molecule has 6 nitrogen and oxygen atoms in total. The molecule has 27 heavy (non-hydrogen) atoms. The molecule has 2 amide bonds. The van der Waals surface area contributed by atoms with Gasteiger partial charge in [-0.05, 0) is 42.8 Å². The van der Waals surface area contributed by atoms with Crippen LogP contribution in [0.3, 0.4) is 0 Å². The lowest BCUT2D eigenvalue weighted by atomic mass is 10.1. The summed E-state index contributed by atoms with van der Waals surface area (Å²) in [6.07, 6.45) is 0. The van der Waals surface area contributed by atoms with E-state index in [9.17, 15) is 9.59 Å². The van der Waals surface area contributed by atoms with Crippen molar-refractivity contribution in [1.29, 1.82) is 0 Å². The van der Waals surface area contributed by atoms with Crippen molar-refractivity contribution in [2.75, 3.05) is 11.9 Å². The Morgan fingerprint density at radius 1 is 1.11 bits per heavy atom. The molecule has 0 saturated carbocycles. The minimum atomic E-state index is -0.430. The fourth-order valence-corrected chi connectivity index (χ4v) is 2.70. The van der Waals surface area contributed by atoms with Crippen molar-refractivity contribution >= 4 is 40.7 Å². The first-order chi connectivity index (χ1) is 12.9. The highest BCUT2D eigenvalue weighted by Gasteiger charge is 2.13. The van der Waals surface area contributed by atoms with Crippen LogP contribution in [0.25, 0.3) is 11.3 Å². The maximum absolute atomic E-state index is 12.2. The minimum Gasteiger partial charge on any atom is -0.342 e. The summed E-state index contributed by atoms with van der Waals surface area (Å²) < 4.78 is 0. The quantitative estimate of drug-likeness (QED) is 0.601. The molecule has 0 fully saturated rings. The first-order valence-electron chi connectivity index (χ1n) is 8.08. The molecule has 3 aromatic rings. The van der Waals surface area contributed by atoms with Crippen LogP contribution in [0.2, 0.25) is 10.0 Å². The van der Waals surface area contributed by atoms with Crippen LogP contribution in [-0.4, -0.2) is 28.6 Å². The van der Waals surface area contributed by atoms with Crippen LogP contribution in [-0.2, 0) is 4.79 Å². The van der Waals surface area contributed by atoms with Gasteiger partial charge in [0.1, 0.15) is 5.69 Å². The summed E-state index contributed by atoms with van der Waals surface area (Å²) in [5, 5.41) is 13.2. The number of hydrogen-bond donors (Lipinski definition) is 3. The Hall–Kier alpha value is -2.83. The monoisotopic (exact) mass is 402 g/mol. The van der Waals surface area contributed by atoms with Gasteiger partial charge in [-0.1, -0.05) is 41.4 Å². The number of nitrogens with one attached hydrogen (secondary N) is 3. The molecule has 8 heteroatoms. The topological polar surface area (TPSA) is 86.9 Å². The summed E-state index contributed by atoms with van der Waals surface area (Å²) in [5.41, 5.74) is 3.06. The number of carbonyl (C=O) groups excluding carboxylic acids is 2. The number of carbonyl (C=O) groups is 2. The summed E-state index contributed by atoms with van der Waals surface area (Å²) in [6, 6.07) is 13.9. The Kier molecular flexibility index (Phi) is 5.78. The SMILES string of the molecule is Cc1c(Cl)cccc1NC(=O)CNC(=O)c1cc(-c2ccc(Cl)cc2)n[nH]1. The standard InChI is InChI=1S/C19H16Cl2N4O2/c1-11-14(21)3-2-4-15(11)23-18(26)10-22-19(27)17-9-16(24-25-17)12-5-7-13(20)8-6-12/h2-9H,10H2,1H3,(H,22,27)(H,23,26)(H,24,25). The van der Waals surface area contributed by atoms with Gasteiger partial charge in [0.15, 0.2) is 0 Å². The number of halogens is 2. The molecular weight excluding hydrogens is 387 g/mol. The molecule has 0 aliphatic carbocycles. The molecule has 0 bridgehead atoms. The van der Waals surface area contributed by atoms with Gasteiger partial charge in [0.2, 0.25) is 5.91 Å². The highest BCUT2D eigenvalue weighted by atomic mass is 35.5. The average Bonchev–Trinajstić information content (AvgIpc) is 3.14. The Labute approximate surface area is 165 Å². The van der Waals surface area contributed by atoms with Crippen molar-refractivity contribution < 1.29 is 9.59 Å². The number of amides is 2. The fourth-order valence-electron chi connectivity index (χ4n) is 2.40. The van der Waals surface area contributed by atoms with E-state index in [1.54, 1.807) is 55.5 Å². The van der Waals surface area contributed by atoms with E-state index in [1.165, 1.54) is 0 Å². The molecule has 0 spiro atoms. The lowest BCUT2D eigenvalue weighted by Gasteiger charge is -2.09. The van der Waals surface area contributed by atoms with Gasteiger partial charge in [0.05, 0.1) is 12.2 Å². The molecule has 0 radical (unpaired) electrons. The van der Waals surface area contributed by atoms with Crippen molar-refractivity contribution in [2.45, 2.75) is 6.92 Å². The van der Waals surface area contributed by atoms with Crippen LogP contribution < -0.4 is 10.6 Å². The van der Waals surface area contributed by atoms with Gasteiger partial charge in [-0.3, -0.25) is 14.7 Å². The Bertz CT molecular complexity index is 984. The van der Waals surface area contributed by atoms with Gasteiger partial charge in [-0.25, -0.2) is 0 Å². The van der Waals surface area contributed by atoms with Crippen LogP contribution in [0.5, 0.6) is 0 Å². The molecule has 1 aromatic heterocycles. The molecule has 3 N–H and O–H groups in total. The van der Waals surface area contributed by atoms with Gasteiger partial charge in [0, 0.05) is 21.3 Å². The van der Waals surface area contributed by atoms with Crippen LogP contribution >= 0.6 is 23.2 Å². The normalized spacial score (nSPS) is 10.5. The number of hydrogen-bond acceptors (Lipinski definition) is 3. The second-order valence-electron chi connectivity index (χ2n) is 5.82. The predicted molar refractivity (Wildman–Crippen MR) is 106 cm³/mol. The molecule has 1 heterocycles. The summed E-state index contributed by atoms with van der Waals surface area (Å²) in [6.45, 7) is 1.62. The summed E-state index contributed by atoms with van der Waals surface area (Å²) in [5.74, 6) is -0.785. The van der Waals surface area contributed by atoms with Crippen molar-refractivity contribution in [3.05, 3.63) is 69.8 Å². The Morgan fingerprint density at radius 2 is 1.85 bits per heavy atom. The molecule has 138 valence electrons. The van der Waals surface area contributed by atoms with Crippen LogP contribution in [0.1, 0.15) is 16.1 Å². The third kappa shape index (κ3) is 4.67. The zero-order chi connectivity index (χ0) is 19.4. The van der Waals surface area contributed by atoms with Gasteiger partial charge < -0.3 is 10.6 Å². The van der Waals surface area contributed by atoms with Gasteiger partial charge >= 0.3 is 0 Å². The second-order valence-corrected chi connectivity index (χ2v) is 6.66. The predicted octanol–water partition coefficient (Wildman–Crippen LogP) is 4.06. The van der Waals surface area contributed by atoms with Crippen molar-refractivity contribution in [1.82, 2.24) is 15.5 Å². The van der Waals surface area contributed by atoms with Crippen molar-refractivity contribution in [3.63, 3.8) is 0 Å². The fraction of sp³-hybridized carbons (Fsp3) is 0.105. The molecule has 0 aliphatic rings. The maximum atomic E-state index is 12.2. The van der Waals surface area contributed by atoms with Crippen molar-refractivity contribution in [2.24, 2.45) is 0 Å². The number of benzene rings is 2. The highest BCUT2D eigenvalue weighted by Crippen LogP contribution is 2.23. The van der Waals surface area contributed by atoms with Gasteiger partial charge in [-0.15, -0.1) is 0 Å². The minimum absolute atomic E-state index is 0.180. The average molecular weight is 403 g/mol. The summed E-state index contributed by atoms with van der Waals surface area (Å²) in [4.78, 5) is 24.3. The van der Waals surface area contributed by atoms with Gasteiger partial charge in [0.25, 0.3) is 5.91 Å². The molecule has 0 atom stereocenters. The third-order valence-electron chi connectivity index (χ3n) is 3.91. The molecule has 0 aliphatic heterocycles. The number of rotatable bonds is 5. The van der Waals surface area contributed by atoms with Gasteiger partial charge in [-0.2, -0.15) is 5.10 Å². The van der Waals surface area contributed by atoms with E-state index >= 15 is 0 Å². The van der Waals surface area contributed by atoms with E-state index in [-0.39, 0.29) is 18.1 Å². The molecule has 0 saturated heterocycles. The van der Waals surface area contributed by atoms with E-state index in [2.05, 4.69) is 20.8 Å². The number of anilines is 1. The van der Waals surface area contributed by atoms with E-state index in [0.29, 0.717) is 21.4 Å². The summed E-state index contributed by atoms with van der Waals surface area (Å²) >= 11 is 11.9. The maximum Gasteiger partial charge on any atom is 0.269 e. The van der Waals surface area contributed by atoms with Crippen LogP contribution in [0, 0.1) is 6.92 Å². The Balaban J connectivity index is 1.58. The smallest absolute Gasteiger partial charge is 0.269 e. The second kappa shape index (κ2) is 8.24. The van der Waals surface area contributed by atoms with E-state index in [0.717, 1.165) is 11.1 Å². The number of nitrogens with zero attached hydrogens (tertiary/aromatic N) is 1. The number of aromatic amines is 1. The van der Waals surface area contributed by atoms with E-state index in [4.69, 9.17) is 23.2 Å². The molecule has 0 unspecified atom stereocenters. The molecule has 3 rings (SSSR count). The first-order valence-corrected chi connectivity index (χ1v) is 8.84. The van der Waals surface area contributed by atoms with E-state index < -0.39 is 5.91 Å². The molecule has 2 aromatic carbocycles. The lowest BCUT2D eigenvalue weighted by Crippen LogP contribution is -2.33. The zero-order valence-electron chi connectivity index (χ0n) is 14.3. The summed E-state index contributed by atoms with van der Waals surface area (Å²) in [7, 11) is 0. The van der Waals surface area contributed by atoms with Crippen LogP contribution in [0.4, 0.5) is 5.69 Å². The largest absolute Gasteiger partial charge is 0.342 e. The molecular formula is C19H16Cl2N4O2. The zero-order valence-corrected chi connectivity index (χ0v) is 15.9.